The Morgan fingerprint density at radius 3 is 2.39 bits per heavy atom. The Morgan fingerprint density at radius 2 is 1.75 bits per heavy atom. The second kappa shape index (κ2) is 8.52. The molecule has 1 aliphatic heterocycles. The summed E-state index contributed by atoms with van der Waals surface area (Å²) in [5, 5.41) is 5.75. The van der Waals surface area contributed by atoms with Crippen LogP contribution in [0.5, 0.6) is 0 Å². The summed E-state index contributed by atoms with van der Waals surface area (Å²) in [6.07, 6.45) is -4.40. The van der Waals surface area contributed by atoms with Crippen LogP contribution >= 0.6 is 0 Å². The molecule has 1 aliphatic rings. The lowest BCUT2D eigenvalue weighted by Gasteiger charge is -2.29. The normalized spacial score (nSPS) is 15.8. The van der Waals surface area contributed by atoms with E-state index in [1.54, 1.807) is 6.92 Å². The minimum absolute atomic E-state index is 0.314. The number of carbonyl (C=O) groups is 1. The summed E-state index contributed by atoms with van der Waals surface area (Å²) in [4.78, 5) is 14.6. The molecule has 2 aromatic rings. The highest BCUT2D eigenvalue weighted by Crippen LogP contribution is 2.30. The van der Waals surface area contributed by atoms with Gasteiger partial charge in [-0.15, -0.1) is 0 Å². The molecule has 2 aromatic carbocycles. The van der Waals surface area contributed by atoms with Gasteiger partial charge in [0.15, 0.2) is 0 Å². The van der Waals surface area contributed by atoms with Crippen LogP contribution in [0.3, 0.4) is 0 Å². The fraction of sp³-hybridized carbons (Fsp3) is 0.350. The monoisotopic (exact) mass is 393 g/mol. The van der Waals surface area contributed by atoms with Crippen LogP contribution in [0.1, 0.15) is 12.5 Å². The van der Waals surface area contributed by atoms with Gasteiger partial charge >= 0.3 is 6.18 Å². The van der Waals surface area contributed by atoms with Gasteiger partial charge in [0, 0.05) is 30.2 Å². The number of nitrogens with zero attached hydrogens (tertiary/aromatic N) is 1. The van der Waals surface area contributed by atoms with Crippen molar-refractivity contribution in [1.82, 2.24) is 0 Å². The van der Waals surface area contributed by atoms with E-state index in [-0.39, 0.29) is 5.91 Å². The van der Waals surface area contributed by atoms with Crippen LogP contribution in [-0.2, 0) is 15.7 Å². The zero-order valence-corrected chi connectivity index (χ0v) is 15.4. The van der Waals surface area contributed by atoms with E-state index in [1.807, 2.05) is 24.3 Å². The Hall–Kier alpha value is -2.74. The van der Waals surface area contributed by atoms with E-state index < -0.39 is 17.8 Å². The van der Waals surface area contributed by atoms with Crippen molar-refractivity contribution in [2.24, 2.45) is 0 Å². The highest BCUT2D eigenvalue weighted by Gasteiger charge is 2.30. The highest BCUT2D eigenvalue weighted by atomic mass is 19.4. The number of ether oxygens (including phenoxy) is 1. The number of morpholine rings is 1. The van der Waals surface area contributed by atoms with Gasteiger partial charge in [0.05, 0.1) is 18.8 Å². The fourth-order valence-electron chi connectivity index (χ4n) is 2.92. The molecule has 150 valence electrons. The summed E-state index contributed by atoms with van der Waals surface area (Å²) < 4.78 is 43.2. The zero-order chi connectivity index (χ0) is 20.1. The molecular formula is C20H22F3N3O2. The van der Waals surface area contributed by atoms with Crippen LogP contribution in [0.2, 0.25) is 0 Å². The SMILES string of the molecule is CC(Nc1cccc(N2CCOCC2)c1)C(=O)Nc1ccc(C(F)(F)F)cc1. The number of halogens is 3. The summed E-state index contributed by atoms with van der Waals surface area (Å²) >= 11 is 0. The molecule has 0 spiro atoms. The first-order valence-corrected chi connectivity index (χ1v) is 9.00. The van der Waals surface area contributed by atoms with Gasteiger partial charge in [0.2, 0.25) is 5.91 Å². The maximum absolute atomic E-state index is 12.6. The van der Waals surface area contributed by atoms with Crippen LogP contribution in [0.4, 0.5) is 30.2 Å². The second-order valence-corrected chi connectivity index (χ2v) is 6.58. The first-order valence-electron chi connectivity index (χ1n) is 9.00. The standard InChI is InChI=1S/C20H22F3N3O2/c1-14(19(27)25-16-7-5-15(6-8-16)20(21,22)23)24-17-3-2-4-18(13-17)26-9-11-28-12-10-26/h2-8,13-14,24H,9-12H2,1H3,(H,25,27). The molecule has 8 heteroatoms. The number of alkyl halides is 3. The van der Waals surface area contributed by atoms with Gasteiger partial charge in [-0.1, -0.05) is 6.07 Å². The third kappa shape index (κ3) is 5.16. The predicted molar refractivity (Wildman–Crippen MR) is 103 cm³/mol. The van der Waals surface area contributed by atoms with Gasteiger partial charge in [0.25, 0.3) is 0 Å². The molecule has 28 heavy (non-hydrogen) atoms. The lowest BCUT2D eigenvalue weighted by atomic mass is 10.2. The van der Waals surface area contributed by atoms with Crippen LogP contribution in [0, 0.1) is 0 Å². The Labute approximate surface area is 161 Å². The molecule has 0 bridgehead atoms. The zero-order valence-electron chi connectivity index (χ0n) is 15.4. The molecule has 3 rings (SSSR count). The van der Waals surface area contributed by atoms with Crippen molar-refractivity contribution in [3.63, 3.8) is 0 Å². The van der Waals surface area contributed by atoms with Crippen molar-refractivity contribution in [2.75, 3.05) is 41.8 Å². The van der Waals surface area contributed by atoms with Gasteiger partial charge < -0.3 is 20.3 Å². The Morgan fingerprint density at radius 1 is 1.07 bits per heavy atom. The lowest BCUT2D eigenvalue weighted by molar-refractivity contribution is -0.137. The maximum atomic E-state index is 12.6. The quantitative estimate of drug-likeness (QED) is 0.807. The van der Waals surface area contributed by atoms with Crippen LogP contribution in [0.15, 0.2) is 48.5 Å². The molecule has 1 unspecified atom stereocenters. The molecule has 1 fully saturated rings. The van der Waals surface area contributed by atoms with Gasteiger partial charge in [-0.2, -0.15) is 13.2 Å². The molecule has 2 N–H and O–H groups in total. The van der Waals surface area contributed by atoms with Gasteiger partial charge in [-0.3, -0.25) is 4.79 Å². The first-order chi connectivity index (χ1) is 13.3. The maximum Gasteiger partial charge on any atom is 0.416 e. The number of carbonyl (C=O) groups excluding carboxylic acids is 1. The van der Waals surface area contributed by atoms with Crippen molar-refractivity contribution in [3.8, 4) is 0 Å². The van der Waals surface area contributed by atoms with Crippen molar-refractivity contribution in [2.45, 2.75) is 19.1 Å². The highest BCUT2D eigenvalue weighted by molar-refractivity contribution is 5.96. The van der Waals surface area contributed by atoms with E-state index in [1.165, 1.54) is 12.1 Å². The van der Waals surface area contributed by atoms with E-state index in [2.05, 4.69) is 15.5 Å². The molecule has 0 aliphatic carbocycles. The predicted octanol–water partition coefficient (Wildman–Crippen LogP) is 3.98. The van der Waals surface area contributed by atoms with Crippen LogP contribution < -0.4 is 15.5 Å². The van der Waals surface area contributed by atoms with E-state index in [9.17, 15) is 18.0 Å². The third-order valence-electron chi connectivity index (χ3n) is 4.48. The summed E-state index contributed by atoms with van der Waals surface area (Å²) in [7, 11) is 0. The van der Waals surface area contributed by atoms with Crippen molar-refractivity contribution in [1.29, 1.82) is 0 Å². The molecular weight excluding hydrogens is 371 g/mol. The van der Waals surface area contributed by atoms with Gasteiger partial charge in [0.1, 0.15) is 6.04 Å². The number of benzene rings is 2. The molecule has 1 saturated heterocycles. The Balaban J connectivity index is 1.59. The Kier molecular flexibility index (Phi) is 6.08. The van der Waals surface area contributed by atoms with Crippen molar-refractivity contribution in [3.05, 3.63) is 54.1 Å². The van der Waals surface area contributed by atoms with Crippen LogP contribution in [-0.4, -0.2) is 38.3 Å². The molecule has 1 atom stereocenters. The van der Waals surface area contributed by atoms with E-state index in [4.69, 9.17) is 4.74 Å². The summed E-state index contributed by atoms with van der Waals surface area (Å²) in [5.74, 6) is -0.337. The average Bonchev–Trinajstić information content (AvgIpc) is 2.68. The van der Waals surface area contributed by atoms with Crippen molar-refractivity contribution >= 4 is 23.0 Å². The average molecular weight is 393 g/mol. The molecule has 0 radical (unpaired) electrons. The molecule has 1 amide bonds. The molecule has 5 nitrogen and oxygen atoms in total. The molecule has 1 heterocycles. The molecule has 0 saturated carbocycles. The minimum atomic E-state index is -4.40. The smallest absolute Gasteiger partial charge is 0.378 e. The van der Waals surface area contributed by atoms with Gasteiger partial charge in [-0.05, 0) is 49.4 Å². The topological polar surface area (TPSA) is 53.6 Å². The fourth-order valence-corrected chi connectivity index (χ4v) is 2.92. The summed E-state index contributed by atoms with van der Waals surface area (Å²) in [5.41, 5.74) is 1.40. The Bertz CT molecular complexity index is 803. The van der Waals surface area contributed by atoms with Crippen molar-refractivity contribution < 1.29 is 22.7 Å². The summed E-state index contributed by atoms with van der Waals surface area (Å²) in [6, 6.07) is 11.6. The van der Waals surface area contributed by atoms with E-state index in [0.717, 1.165) is 36.6 Å². The van der Waals surface area contributed by atoms with Gasteiger partial charge in [-0.25, -0.2) is 0 Å². The number of hydrogen-bond acceptors (Lipinski definition) is 4. The number of rotatable bonds is 5. The van der Waals surface area contributed by atoms with Crippen LogP contribution in [0.25, 0.3) is 0 Å². The number of anilines is 3. The summed E-state index contributed by atoms with van der Waals surface area (Å²) in [6.45, 7) is 4.69. The largest absolute Gasteiger partial charge is 0.416 e. The second-order valence-electron chi connectivity index (χ2n) is 6.58. The minimum Gasteiger partial charge on any atom is -0.378 e. The number of nitrogens with one attached hydrogen (secondary N) is 2. The van der Waals surface area contributed by atoms with E-state index >= 15 is 0 Å². The first kappa shape index (κ1) is 20.0. The van der Waals surface area contributed by atoms with E-state index in [0.29, 0.717) is 18.9 Å². The number of hydrogen-bond donors (Lipinski definition) is 2. The third-order valence-corrected chi connectivity index (χ3v) is 4.48. The molecule has 0 aromatic heterocycles. The number of amides is 1. The lowest BCUT2D eigenvalue weighted by Crippen LogP contribution is -2.36.